The lowest BCUT2D eigenvalue weighted by atomic mass is 9.84. The Morgan fingerprint density at radius 3 is 2.76 bits per heavy atom. The van der Waals surface area contributed by atoms with Crippen molar-refractivity contribution in [2.45, 2.75) is 51.4 Å². The molecule has 1 heterocycles. The summed E-state index contributed by atoms with van der Waals surface area (Å²) in [5.41, 5.74) is -1.94. The molecule has 0 radical (unpaired) electrons. The van der Waals surface area contributed by atoms with E-state index >= 15 is 0 Å². The SMILES string of the molecule is C=CCC1OS(=O)N(C(=O)OC(C)(C)C)C1(C)c1cc(Br)ccc1F. The van der Waals surface area contributed by atoms with Crippen LogP contribution in [0.2, 0.25) is 0 Å². The molecular weight excluding hydrogens is 413 g/mol. The molecule has 1 saturated heterocycles. The molecule has 0 spiro atoms. The van der Waals surface area contributed by atoms with Crippen molar-refractivity contribution >= 4 is 33.3 Å². The van der Waals surface area contributed by atoms with Gasteiger partial charge in [0.15, 0.2) is 0 Å². The lowest BCUT2D eigenvalue weighted by Crippen LogP contribution is -2.50. The van der Waals surface area contributed by atoms with Gasteiger partial charge in [-0.2, -0.15) is 4.31 Å². The summed E-state index contributed by atoms with van der Waals surface area (Å²) < 4.78 is 39.5. The Kier molecular flexibility index (Phi) is 5.75. The van der Waals surface area contributed by atoms with Gasteiger partial charge in [0.1, 0.15) is 23.1 Å². The zero-order valence-electron chi connectivity index (χ0n) is 14.5. The summed E-state index contributed by atoms with van der Waals surface area (Å²) in [6, 6.07) is 4.38. The van der Waals surface area contributed by atoms with Crippen LogP contribution in [0.25, 0.3) is 0 Å². The van der Waals surface area contributed by atoms with Crippen LogP contribution in [0.4, 0.5) is 9.18 Å². The largest absolute Gasteiger partial charge is 0.443 e. The third-order valence-electron chi connectivity index (χ3n) is 3.81. The van der Waals surface area contributed by atoms with Crippen LogP contribution in [0, 0.1) is 5.82 Å². The molecule has 1 aromatic carbocycles. The number of halogens is 2. The standard InChI is InChI=1S/C17H21BrFNO4S/c1-6-7-14-17(5,12-10-11(18)8-9-13(12)19)20(25(22)24-14)15(21)23-16(2,3)4/h6,8-10,14H,1,7H2,2-5H3. The highest BCUT2D eigenvalue weighted by molar-refractivity contribution is 9.10. The number of nitrogens with zero attached hydrogens (tertiary/aromatic N) is 1. The third kappa shape index (κ3) is 3.96. The molecule has 5 nitrogen and oxygen atoms in total. The van der Waals surface area contributed by atoms with Crippen LogP contribution in [-0.2, 0) is 25.7 Å². The topological polar surface area (TPSA) is 55.8 Å². The fourth-order valence-electron chi connectivity index (χ4n) is 2.66. The van der Waals surface area contributed by atoms with E-state index in [0.29, 0.717) is 4.47 Å². The predicted molar refractivity (Wildman–Crippen MR) is 97.4 cm³/mol. The molecule has 1 amide bonds. The number of benzene rings is 1. The van der Waals surface area contributed by atoms with Crippen LogP contribution >= 0.6 is 15.9 Å². The van der Waals surface area contributed by atoms with Gasteiger partial charge in [0.2, 0.25) is 0 Å². The average molecular weight is 434 g/mol. The summed E-state index contributed by atoms with van der Waals surface area (Å²) in [5.74, 6) is -0.532. The molecule has 25 heavy (non-hydrogen) atoms. The second-order valence-electron chi connectivity index (χ2n) is 6.87. The van der Waals surface area contributed by atoms with Crippen molar-refractivity contribution in [2.24, 2.45) is 0 Å². The first-order valence-corrected chi connectivity index (χ1v) is 9.52. The summed E-state index contributed by atoms with van der Waals surface area (Å²) in [6.45, 7) is 10.4. The lowest BCUT2D eigenvalue weighted by molar-refractivity contribution is 0.0191. The fourth-order valence-corrected chi connectivity index (χ4v) is 4.26. The summed E-state index contributed by atoms with van der Waals surface area (Å²) in [7, 11) is 0. The first kappa shape index (κ1) is 20.1. The van der Waals surface area contributed by atoms with Crippen molar-refractivity contribution in [3.8, 4) is 0 Å². The number of amides is 1. The fraction of sp³-hybridized carbons (Fsp3) is 0.471. The van der Waals surface area contributed by atoms with E-state index in [-0.39, 0.29) is 12.0 Å². The monoisotopic (exact) mass is 433 g/mol. The Labute approximate surface area is 158 Å². The summed E-state index contributed by atoms with van der Waals surface area (Å²) in [6.07, 6.45) is 0.295. The van der Waals surface area contributed by atoms with Gasteiger partial charge in [-0.05, 0) is 52.3 Å². The van der Waals surface area contributed by atoms with Gasteiger partial charge in [0.05, 0.1) is 0 Å². The Balaban J connectivity index is 2.59. The lowest BCUT2D eigenvalue weighted by Gasteiger charge is -2.36. The molecule has 3 unspecified atom stereocenters. The molecule has 1 aliphatic rings. The Morgan fingerprint density at radius 1 is 1.56 bits per heavy atom. The molecule has 0 N–H and O–H groups in total. The molecule has 0 bridgehead atoms. The quantitative estimate of drug-likeness (QED) is 0.653. The van der Waals surface area contributed by atoms with Crippen LogP contribution in [0.15, 0.2) is 35.3 Å². The van der Waals surface area contributed by atoms with Crippen molar-refractivity contribution in [1.29, 1.82) is 0 Å². The van der Waals surface area contributed by atoms with Crippen molar-refractivity contribution in [1.82, 2.24) is 4.31 Å². The van der Waals surface area contributed by atoms with Gasteiger partial charge >= 0.3 is 6.09 Å². The minimum absolute atomic E-state index is 0.186. The van der Waals surface area contributed by atoms with Crippen LogP contribution in [0.3, 0.4) is 0 Å². The molecule has 1 fully saturated rings. The van der Waals surface area contributed by atoms with Gasteiger partial charge in [0, 0.05) is 10.0 Å². The molecule has 8 heteroatoms. The van der Waals surface area contributed by atoms with Crippen LogP contribution < -0.4 is 0 Å². The maximum absolute atomic E-state index is 14.6. The van der Waals surface area contributed by atoms with E-state index in [0.717, 1.165) is 4.31 Å². The minimum Gasteiger partial charge on any atom is -0.443 e. The van der Waals surface area contributed by atoms with Gasteiger partial charge < -0.3 is 4.74 Å². The molecular formula is C17H21BrFNO4S. The maximum atomic E-state index is 14.6. The van der Waals surface area contributed by atoms with Crippen molar-refractivity contribution in [3.63, 3.8) is 0 Å². The first-order chi connectivity index (χ1) is 11.5. The van der Waals surface area contributed by atoms with Crippen molar-refractivity contribution in [2.75, 3.05) is 0 Å². The van der Waals surface area contributed by atoms with Crippen LogP contribution in [0.5, 0.6) is 0 Å². The van der Waals surface area contributed by atoms with Crippen molar-refractivity contribution < 1.29 is 22.3 Å². The zero-order valence-corrected chi connectivity index (χ0v) is 16.9. The molecule has 2 rings (SSSR count). The normalized spacial score (nSPS) is 26.6. The van der Waals surface area contributed by atoms with Gasteiger partial charge in [-0.15, -0.1) is 6.58 Å². The van der Waals surface area contributed by atoms with Gasteiger partial charge in [-0.25, -0.2) is 13.4 Å². The van der Waals surface area contributed by atoms with Crippen LogP contribution in [0.1, 0.15) is 39.7 Å². The highest BCUT2D eigenvalue weighted by atomic mass is 79.9. The highest BCUT2D eigenvalue weighted by Crippen LogP contribution is 2.45. The molecule has 138 valence electrons. The maximum Gasteiger partial charge on any atom is 0.424 e. The average Bonchev–Trinajstić information content (AvgIpc) is 2.72. The molecule has 0 saturated carbocycles. The molecule has 0 aliphatic carbocycles. The molecule has 0 aromatic heterocycles. The van der Waals surface area contributed by atoms with Gasteiger partial charge in [0.25, 0.3) is 11.3 Å². The van der Waals surface area contributed by atoms with E-state index in [1.165, 1.54) is 6.07 Å². The second-order valence-corrected chi connectivity index (χ2v) is 8.78. The van der Waals surface area contributed by atoms with E-state index in [1.807, 2.05) is 0 Å². The second kappa shape index (κ2) is 7.17. The van der Waals surface area contributed by atoms with E-state index < -0.39 is 40.4 Å². The number of hydrogen-bond donors (Lipinski definition) is 0. The summed E-state index contributed by atoms with van der Waals surface area (Å²) >= 11 is 1.20. The number of ether oxygens (including phenoxy) is 1. The van der Waals surface area contributed by atoms with E-state index in [1.54, 1.807) is 45.9 Å². The molecule has 1 aromatic rings. The number of rotatable bonds is 3. The minimum atomic E-state index is -2.11. The van der Waals surface area contributed by atoms with Gasteiger partial charge in [-0.3, -0.25) is 4.18 Å². The highest BCUT2D eigenvalue weighted by Gasteiger charge is 2.56. The third-order valence-corrected chi connectivity index (χ3v) is 5.53. The number of carbonyl (C=O) groups excluding carboxylic acids is 1. The van der Waals surface area contributed by atoms with E-state index in [2.05, 4.69) is 22.5 Å². The predicted octanol–water partition coefficient (Wildman–Crippen LogP) is 4.59. The van der Waals surface area contributed by atoms with Crippen molar-refractivity contribution in [3.05, 3.63) is 46.7 Å². The first-order valence-electron chi connectivity index (χ1n) is 7.69. The Morgan fingerprint density at radius 2 is 2.20 bits per heavy atom. The number of carbonyl (C=O) groups is 1. The number of hydrogen-bond acceptors (Lipinski definition) is 4. The van der Waals surface area contributed by atoms with Gasteiger partial charge in [-0.1, -0.05) is 22.0 Å². The van der Waals surface area contributed by atoms with Crippen LogP contribution in [-0.4, -0.2) is 26.3 Å². The Hall–Kier alpha value is -1.25. The molecule has 1 aliphatic heterocycles. The summed E-state index contributed by atoms with van der Waals surface area (Å²) in [5, 5.41) is 0. The summed E-state index contributed by atoms with van der Waals surface area (Å²) in [4.78, 5) is 12.7. The molecule has 3 atom stereocenters. The smallest absolute Gasteiger partial charge is 0.424 e. The van der Waals surface area contributed by atoms with E-state index in [4.69, 9.17) is 8.92 Å². The van der Waals surface area contributed by atoms with E-state index in [9.17, 15) is 13.4 Å². The zero-order chi connectivity index (χ0) is 19.0. The Bertz CT molecular complexity index is 721.